The molecular weight excluding hydrogens is 404 g/mol. The number of aliphatic imine (C=N–C) groups is 1. The molecule has 5 nitrogen and oxygen atoms in total. The van der Waals surface area contributed by atoms with Crippen molar-refractivity contribution in [1.29, 1.82) is 0 Å². The number of amides is 1. The standard InChI is InChI=1S/C22H24N2O3S2/c1-15(2)17-10-6-7-11-18(17)24-19-13-29(26,27)14-20(19)28-22(24)23-21(25)12-16-8-4-3-5-9-16/h3-11,15,19-20H,12-14H2,1-2H3/t19-,20+/m1/s1. The van der Waals surface area contributed by atoms with E-state index in [1.807, 2.05) is 53.4 Å². The van der Waals surface area contributed by atoms with Crippen LogP contribution in [0.1, 0.15) is 30.9 Å². The SMILES string of the molecule is CC(C)c1ccccc1N1C(=NC(=O)Cc2ccccc2)S[C@H]2CS(=O)(=O)C[C@H]21. The first-order valence-corrected chi connectivity index (χ1v) is 12.4. The van der Waals surface area contributed by atoms with Gasteiger partial charge in [-0.3, -0.25) is 4.79 Å². The maximum Gasteiger partial charge on any atom is 0.252 e. The molecule has 0 unspecified atom stereocenters. The number of anilines is 1. The summed E-state index contributed by atoms with van der Waals surface area (Å²) in [5.41, 5.74) is 2.99. The molecule has 2 heterocycles. The number of rotatable bonds is 4. The molecule has 0 saturated carbocycles. The van der Waals surface area contributed by atoms with Gasteiger partial charge >= 0.3 is 0 Å². The number of sulfone groups is 1. The number of nitrogens with zero attached hydrogens (tertiary/aromatic N) is 2. The van der Waals surface area contributed by atoms with Gasteiger partial charge in [0.25, 0.3) is 5.91 Å². The summed E-state index contributed by atoms with van der Waals surface area (Å²) in [5.74, 6) is 0.292. The van der Waals surface area contributed by atoms with Crippen LogP contribution in [0.2, 0.25) is 0 Å². The van der Waals surface area contributed by atoms with Gasteiger partial charge in [0.2, 0.25) is 0 Å². The smallest absolute Gasteiger partial charge is 0.252 e. The van der Waals surface area contributed by atoms with Gasteiger partial charge in [-0.25, -0.2) is 8.42 Å². The minimum absolute atomic E-state index is 0.0940. The van der Waals surface area contributed by atoms with E-state index in [4.69, 9.17) is 0 Å². The average molecular weight is 429 g/mol. The zero-order valence-corrected chi connectivity index (χ0v) is 18.1. The molecule has 152 valence electrons. The summed E-state index contributed by atoms with van der Waals surface area (Å²) in [6.07, 6.45) is 0.234. The lowest BCUT2D eigenvalue weighted by Crippen LogP contribution is -2.38. The minimum Gasteiger partial charge on any atom is -0.315 e. The Morgan fingerprint density at radius 2 is 1.79 bits per heavy atom. The number of amidine groups is 1. The zero-order valence-electron chi connectivity index (χ0n) is 16.5. The summed E-state index contributed by atoms with van der Waals surface area (Å²) in [6.45, 7) is 4.23. The summed E-state index contributed by atoms with van der Waals surface area (Å²) in [4.78, 5) is 19.1. The van der Waals surface area contributed by atoms with Gasteiger partial charge in [0.15, 0.2) is 15.0 Å². The van der Waals surface area contributed by atoms with E-state index in [0.29, 0.717) is 5.17 Å². The van der Waals surface area contributed by atoms with Gasteiger partial charge in [0, 0.05) is 10.9 Å². The highest BCUT2D eigenvalue weighted by Gasteiger charge is 2.49. The molecule has 1 amide bonds. The monoisotopic (exact) mass is 428 g/mol. The highest BCUT2D eigenvalue weighted by molar-refractivity contribution is 8.16. The molecule has 7 heteroatoms. The van der Waals surface area contributed by atoms with E-state index in [1.165, 1.54) is 11.8 Å². The summed E-state index contributed by atoms with van der Waals surface area (Å²) in [7, 11) is -3.08. The normalized spacial score (nSPS) is 24.2. The van der Waals surface area contributed by atoms with Crippen LogP contribution in [0.5, 0.6) is 0 Å². The van der Waals surface area contributed by atoms with Crippen molar-refractivity contribution in [1.82, 2.24) is 0 Å². The van der Waals surface area contributed by atoms with Crippen LogP contribution in [-0.4, -0.2) is 42.3 Å². The van der Waals surface area contributed by atoms with Crippen molar-refractivity contribution in [2.75, 3.05) is 16.4 Å². The number of para-hydroxylation sites is 1. The largest absolute Gasteiger partial charge is 0.315 e. The zero-order chi connectivity index (χ0) is 20.6. The summed E-state index contributed by atoms with van der Waals surface area (Å²) >= 11 is 1.42. The van der Waals surface area contributed by atoms with Crippen LogP contribution in [0.4, 0.5) is 5.69 Å². The molecule has 0 spiro atoms. The maximum absolute atomic E-state index is 12.7. The number of hydrogen-bond donors (Lipinski definition) is 0. The number of hydrogen-bond acceptors (Lipinski definition) is 4. The average Bonchev–Trinajstić information content (AvgIpc) is 3.13. The van der Waals surface area contributed by atoms with Crippen molar-refractivity contribution in [3.05, 3.63) is 65.7 Å². The third kappa shape index (κ3) is 4.26. The Bertz CT molecular complexity index is 1050. The van der Waals surface area contributed by atoms with Crippen molar-refractivity contribution < 1.29 is 13.2 Å². The lowest BCUT2D eigenvalue weighted by atomic mass is 9.99. The van der Waals surface area contributed by atoms with E-state index >= 15 is 0 Å². The van der Waals surface area contributed by atoms with Crippen LogP contribution in [0.15, 0.2) is 59.6 Å². The summed E-state index contributed by atoms with van der Waals surface area (Å²) < 4.78 is 24.5. The Labute approximate surface area is 176 Å². The summed E-state index contributed by atoms with van der Waals surface area (Å²) in [5, 5.41) is 0.521. The molecule has 2 aromatic rings. The van der Waals surface area contributed by atoms with E-state index in [-0.39, 0.29) is 41.0 Å². The van der Waals surface area contributed by atoms with E-state index < -0.39 is 9.84 Å². The van der Waals surface area contributed by atoms with Gasteiger partial charge < -0.3 is 4.90 Å². The number of benzene rings is 2. The van der Waals surface area contributed by atoms with Crippen molar-refractivity contribution in [2.45, 2.75) is 37.5 Å². The van der Waals surface area contributed by atoms with Gasteiger partial charge in [0.1, 0.15) is 0 Å². The molecule has 29 heavy (non-hydrogen) atoms. The lowest BCUT2D eigenvalue weighted by molar-refractivity contribution is -0.117. The third-order valence-electron chi connectivity index (χ3n) is 5.30. The number of thioether (sulfide) groups is 1. The fraction of sp³-hybridized carbons (Fsp3) is 0.364. The van der Waals surface area contributed by atoms with E-state index in [2.05, 4.69) is 24.9 Å². The van der Waals surface area contributed by atoms with Crippen molar-refractivity contribution >= 4 is 38.4 Å². The fourth-order valence-corrected chi connectivity index (χ4v) is 7.88. The molecule has 2 saturated heterocycles. The van der Waals surface area contributed by atoms with E-state index in [0.717, 1.165) is 16.8 Å². The predicted molar refractivity (Wildman–Crippen MR) is 119 cm³/mol. The third-order valence-corrected chi connectivity index (χ3v) is 8.51. The van der Waals surface area contributed by atoms with Gasteiger partial charge in [-0.1, -0.05) is 74.1 Å². The van der Waals surface area contributed by atoms with Gasteiger partial charge in [0.05, 0.1) is 24.0 Å². The van der Waals surface area contributed by atoms with Crippen LogP contribution in [0.25, 0.3) is 0 Å². The first-order valence-electron chi connectivity index (χ1n) is 9.75. The summed E-state index contributed by atoms with van der Waals surface area (Å²) in [6, 6.07) is 17.4. The molecule has 2 aromatic carbocycles. The first-order chi connectivity index (χ1) is 13.8. The fourth-order valence-electron chi connectivity index (χ4n) is 3.96. The van der Waals surface area contributed by atoms with Crippen molar-refractivity contribution in [2.24, 2.45) is 4.99 Å². The Morgan fingerprint density at radius 1 is 1.10 bits per heavy atom. The lowest BCUT2D eigenvalue weighted by Gasteiger charge is -2.28. The Hall–Kier alpha value is -2.12. The topological polar surface area (TPSA) is 66.8 Å². The van der Waals surface area contributed by atoms with Crippen LogP contribution in [0.3, 0.4) is 0 Å². The molecule has 4 rings (SSSR count). The molecule has 0 radical (unpaired) electrons. The van der Waals surface area contributed by atoms with Gasteiger partial charge in [-0.15, -0.1) is 0 Å². The number of fused-ring (bicyclic) bond motifs is 1. The van der Waals surface area contributed by atoms with Gasteiger partial charge in [-0.05, 0) is 23.1 Å². The maximum atomic E-state index is 12.7. The molecule has 2 aliphatic heterocycles. The number of carbonyl (C=O) groups is 1. The minimum atomic E-state index is -3.08. The Morgan fingerprint density at radius 3 is 2.52 bits per heavy atom. The molecular formula is C22H24N2O3S2. The Balaban J connectivity index is 1.70. The Kier molecular flexibility index (Phi) is 5.53. The predicted octanol–water partition coefficient (Wildman–Crippen LogP) is 3.65. The van der Waals surface area contributed by atoms with Crippen LogP contribution in [0, 0.1) is 0 Å². The second-order valence-electron chi connectivity index (χ2n) is 7.83. The highest BCUT2D eigenvalue weighted by atomic mass is 32.2. The van der Waals surface area contributed by atoms with Gasteiger partial charge in [-0.2, -0.15) is 4.99 Å². The molecule has 2 fully saturated rings. The molecule has 0 bridgehead atoms. The number of carbonyl (C=O) groups excluding carboxylic acids is 1. The molecule has 2 atom stereocenters. The van der Waals surface area contributed by atoms with E-state index in [9.17, 15) is 13.2 Å². The molecule has 0 N–H and O–H groups in total. The molecule has 2 aliphatic rings. The second-order valence-corrected chi connectivity index (χ2v) is 11.2. The highest BCUT2D eigenvalue weighted by Crippen LogP contribution is 2.43. The van der Waals surface area contributed by atoms with Crippen LogP contribution < -0.4 is 4.90 Å². The van der Waals surface area contributed by atoms with Crippen molar-refractivity contribution in [3.8, 4) is 0 Å². The van der Waals surface area contributed by atoms with E-state index in [1.54, 1.807) is 0 Å². The first kappa shape index (κ1) is 20.2. The molecule has 0 aromatic heterocycles. The molecule has 0 aliphatic carbocycles. The second kappa shape index (κ2) is 7.95. The van der Waals surface area contributed by atoms with Crippen LogP contribution >= 0.6 is 11.8 Å². The quantitative estimate of drug-likeness (QED) is 0.744. The van der Waals surface area contributed by atoms with Crippen molar-refractivity contribution in [3.63, 3.8) is 0 Å². The van der Waals surface area contributed by atoms with Crippen LogP contribution in [-0.2, 0) is 21.1 Å².